The molecule has 0 aromatic carbocycles. The highest BCUT2D eigenvalue weighted by molar-refractivity contribution is 6.01. The first-order chi connectivity index (χ1) is 23.4. The van der Waals surface area contributed by atoms with E-state index in [-0.39, 0.29) is 29.6 Å². The molecule has 1 aliphatic heterocycles. The second-order valence-corrected chi connectivity index (χ2v) is 12.8. The molecule has 1 aliphatic carbocycles. The molecule has 1 saturated carbocycles. The van der Waals surface area contributed by atoms with Crippen LogP contribution in [0.15, 0.2) is 22.1 Å². The summed E-state index contributed by atoms with van der Waals surface area (Å²) in [5, 5.41) is 13.5. The van der Waals surface area contributed by atoms with Gasteiger partial charge < -0.3 is 40.6 Å². The maximum Gasteiger partial charge on any atom is 0.323 e. The molecule has 1 aromatic heterocycles. The molecular weight excluding hydrogens is 628 g/mol. The monoisotopic (exact) mass is 692 g/mol. The second kappa shape index (κ2) is 28.3. The Morgan fingerprint density at radius 1 is 1.10 bits per heavy atom. The Labute approximate surface area is 294 Å². The highest BCUT2D eigenvalue weighted by Gasteiger charge is 2.29. The molecule has 13 nitrogen and oxygen atoms in total. The molecule has 3 unspecified atom stereocenters. The summed E-state index contributed by atoms with van der Waals surface area (Å²) >= 11 is 0. The van der Waals surface area contributed by atoms with Crippen LogP contribution in [0.4, 0.5) is 0 Å². The SMILES string of the molecule is C#N.CCC(C=O)CC.CN=C(N=CN)c1ccc(C2CCC(COC(=O)CC3CCCCCC3)O2)[nH]1.CO.COC(=O)C(N)C(C)(C)C. The zero-order valence-corrected chi connectivity index (χ0v) is 31.2. The van der Waals surface area contributed by atoms with Crippen molar-refractivity contribution < 1.29 is 33.7 Å². The van der Waals surface area contributed by atoms with Crippen LogP contribution in [-0.4, -0.2) is 80.5 Å². The number of aldehydes is 1. The maximum absolute atomic E-state index is 12.2. The van der Waals surface area contributed by atoms with Gasteiger partial charge in [-0.2, -0.15) is 0 Å². The maximum atomic E-state index is 12.2. The Morgan fingerprint density at radius 3 is 2.12 bits per heavy atom. The molecule has 2 heterocycles. The Hall–Kier alpha value is -3.60. The number of nitrogens with two attached hydrogens (primary N) is 2. The average molecular weight is 693 g/mol. The molecule has 49 heavy (non-hydrogen) atoms. The molecule has 0 spiro atoms. The van der Waals surface area contributed by atoms with Gasteiger partial charge in [-0.05, 0) is 62.0 Å². The minimum Gasteiger partial charge on any atom is -0.468 e. The van der Waals surface area contributed by atoms with Crippen LogP contribution in [-0.2, 0) is 28.6 Å². The molecule has 6 N–H and O–H groups in total. The predicted octanol–water partition coefficient (Wildman–Crippen LogP) is 5.40. The summed E-state index contributed by atoms with van der Waals surface area (Å²) in [7, 11) is 4.02. The second-order valence-electron chi connectivity index (χ2n) is 12.8. The number of esters is 2. The van der Waals surface area contributed by atoms with Gasteiger partial charge in [0.1, 0.15) is 18.9 Å². The number of aliphatic hydroxyl groups is 1. The van der Waals surface area contributed by atoms with E-state index in [2.05, 4.69) is 26.3 Å². The third-order valence-electron chi connectivity index (χ3n) is 8.30. The van der Waals surface area contributed by atoms with Crippen LogP contribution in [0.1, 0.15) is 123 Å². The fraction of sp³-hybridized carbons (Fsp3) is 0.722. The third-order valence-corrected chi connectivity index (χ3v) is 8.30. The van der Waals surface area contributed by atoms with Gasteiger partial charge in [0.15, 0.2) is 5.84 Å². The molecule has 280 valence electrons. The van der Waals surface area contributed by atoms with Crippen LogP contribution in [0.5, 0.6) is 0 Å². The highest BCUT2D eigenvalue weighted by atomic mass is 16.6. The van der Waals surface area contributed by atoms with Crippen molar-refractivity contribution in [2.75, 3.05) is 27.9 Å². The standard InChI is InChI=1S/C21H32N4O3.C7H15NO2.C6H12O.CHN.CH4O/c1-23-21(24-14-22)18-10-9-17(25-18)19-11-8-16(28-19)13-27-20(26)12-15-6-4-2-3-5-7-15;1-7(2,3)5(8)6(9)10-4;1-3-6(4-2)5-7;2*1-2/h9-10,14-16,19,25H,2-8,11-13H2,1H3,(H2,22,23,24);5H,8H2,1-4H3;5-6H,3-4H2,1-2H3;1H;2H,1H3. The van der Waals surface area contributed by atoms with E-state index < -0.39 is 6.04 Å². The van der Waals surface area contributed by atoms with Gasteiger partial charge in [0.05, 0.1) is 31.4 Å². The fourth-order valence-corrected chi connectivity index (χ4v) is 5.12. The molecule has 0 bridgehead atoms. The number of nitrogens with zero attached hydrogens (tertiary/aromatic N) is 3. The summed E-state index contributed by atoms with van der Waals surface area (Å²) < 4.78 is 16.1. The summed E-state index contributed by atoms with van der Waals surface area (Å²) in [4.78, 5) is 44.4. The van der Waals surface area contributed by atoms with E-state index in [1.807, 2.05) is 46.8 Å². The number of aromatic nitrogens is 1. The van der Waals surface area contributed by atoms with Gasteiger partial charge >= 0.3 is 11.9 Å². The third kappa shape index (κ3) is 19.9. The summed E-state index contributed by atoms with van der Waals surface area (Å²) in [6, 6.07) is 3.38. The van der Waals surface area contributed by atoms with Crippen molar-refractivity contribution in [1.82, 2.24) is 4.98 Å². The molecule has 13 heteroatoms. The molecule has 0 radical (unpaired) electrons. The number of carbonyl (C=O) groups is 3. The zero-order valence-electron chi connectivity index (χ0n) is 31.2. The molecule has 3 atom stereocenters. The van der Waals surface area contributed by atoms with Crippen LogP contribution in [0.25, 0.3) is 0 Å². The number of nitrogens with one attached hydrogen (secondary N) is 1. The zero-order chi connectivity index (χ0) is 37.8. The van der Waals surface area contributed by atoms with Crippen LogP contribution in [0, 0.1) is 29.1 Å². The van der Waals surface area contributed by atoms with Crippen LogP contribution in [0.2, 0.25) is 0 Å². The van der Waals surface area contributed by atoms with E-state index in [9.17, 15) is 14.4 Å². The lowest BCUT2D eigenvalue weighted by atomic mass is 9.88. The van der Waals surface area contributed by atoms with Crippen LogP contribution < -0.4 is 11.5 Å². The summed E-state index contributed by atoms with van der Waals surface area (Å²) in [6.45, 7) is 13.6. The minimum atomic E-state index is -0.530. The first kappa shape index (κ1) is 47.5. The molecular formula is C36H64N6O7. The first-order valence-corrected chi connectivity index (χ1v) is 17.1. The number of aromatic amines is 1. The Kier molecular flexibility index (Phi) is 27.4. The Morgan fingerprint density at radius 2 is 1.69 bits per heavy atom. The minimum absolute atomic E-state index is 0.0285. The normalized spacial score (nSPS) is 18.5. The molecule has 0 amide bonds. The van der Waals surface area contributed by atoms with Crippen molar-refractivity contribution in [3.05, 3.63) is 23.5 Å². The van der Waals surface area contributed by atoms with E-state index in [0.717, 1.165) is 63.3 Å². The summed E-state index contributed by atoms with van der Waals surface area (Å²) in [5.74, 6) is 0.919. The van der Waals surface area contributed by atoms with Crippen molar-refractivity contribution in [3.63, 3.8) is 0 Å². The topological polar surface area (TPSA) is 215 Å². The molecule has 2 aliphatic rings. The number of methoxy groups -OCH3 is 1. The van der Waals surface area contributed by atoms with E-state index in [4.69, 9.17) is 31.3 Å². The lowest BCUT2D eigenvalue weighted by Gasteiger charge is -2.23. The molecule has 3 rings (SSSR count). The van der Waals surface area contributed by atoms with Gasteiger partial charge in [-0.25, -0.2) is 10.3 Å². The smallest absolute Gasteiger partial charge is 0.323 e. The van der Waals surface area contributed by atoms with E-state index in [1.54, 1.807) is 7.05 Å². The van der Waals surface area contributed by atoms with Gasteiger partial charge in [0.2, 0.25) is 0 Å². The van der Waals surface area contributed by atoms with Crippen molar-refractivity contribution in [3.8, 4) is 6.57 Å². The number of nitriles is 1. The van der Waals surface area contributed by atoms with Gasteiger partial charge in [-0.1, -0.05) is 60.3 Å². The van der Waals surface area contributed by atoms with E-state index in [1.165, 1.54) is 39.1 Å². The number of aliphatic hydroxyl groups excluding tert-OH is 1. The van der Waals surface area contributed by atoms with Gasteiger partial charge in [0.25, 0.3) is 0 Å². The van der Waals surface area contributed by atoms with Gasteiger partial charge in [-0.3, -0.25) is 14.6 Å². The molecule has 1 aromatic rings. The van der Waals surface area contributed by atoms with Crippen molar-refractivity contribution in [2.24, 2.45) is 38.7 Å². The Balaban J connectivity index is 0. The first-order valence-electron chi connectivity index (χ1n) is 17.1. The number of ether oxygens (including phenoxy) is 3. The number of carbonyl (C=O) groups excluding carboxylic acids is 3. The van der Waals surface area contributed by atoms with Crippen molar-refractivity contribution in [1.29, 1.82) is 5.26 Å². The average Bonchev–Trinajstić information content (AvgIpc) is 3.73. The number of aliphatic imine (C=N–C) groups is 2. The summed E-state index contributed by atoms with van der Waals surface area (Å²) in [6.07, 6.45) is 13.9. The number of hydrogen-bond acceptors (Lipinski definition) is 10. The lowest BCUT2D eigenvalue weighted by Crippen LogP contribution is -2.42. The Bertz CT molecular complexity index is 1100. The van der Waals surface area contributed by atoms with E-state index >= 15 is 0 Å². The van der Waals surface area contributed by atoms with Crippen LogP contribution in [0.3, 0.4) is 0 Å². The largest absolute Gasteiger partial charge is 0.468 e. The van der Waals surface area contributed by atoms with Gasteiger partial charge in [-0.15, -0.1) is 0 Å². The quantitative estimate of drug-likeness (QED) is 0.0804. The van der Waals surface area contributed by atoms with Gasteiger partial charge in [0, 0.05) is 38.8 Å². The van der Waals surface area contributed by atoms with Crippen LogP contribution >= 0.6 is 0 Å². The lowest BCUT2D eigenvalue weighted by molar-refractivity contribution is -0.149. The highest BCUT2D eigenvalue weighted by Crippen LogP contribution is 2.33. The number of hydrogen-bond donors (Lipinski definition) is 4. The predicted molar refractivity (Wildman–Crippen MR) is 194 cm³/mol. The number of rotatable bonds is 10. The summed E-state index contributed by atoms with van der Waals surface area (Å²) in [5.41, 5.74) is 12.5. The molecule has 2 fully saturated rings. The van der Waals surface area contributed by atoms with E-state index in [0.29, 0.717) is 30.7 Å². The number of amidine groups is 1. The fourth-order valence-electron chi connectivity index (χ4n) is 5.12. The van der Waals surface area contributed by atoms with Crippen molar-refractivity contribution >= 4 is 30.4 Å². The molecule has 1 saturated heterocycles. The number of H-pyrrole nitrogens is 1. The van der Waals surface area contributed by atoms with Crippen molar-refractivity contribution in [2.45, 2.75) is 123 Å².